The first kappa shape index (κ1) is 53.5. The van der Waals surface area contributed by atoms with Gasteiger partial charge in [0.05, 0.1) is 16.7 Å². The third-order valence-electron chi connectivity index (χ3n) is 20.1. The zero-order valence-corrected chi connectivity index (χ0v) is 52.5. The Labute approximate surface area is 542 Å². The molecule has 0 spiro atoms. The summed E-state index contributed by atoms with van der Waals surface area (Å²) in [5.74, 6) is 6.80. The molecule has 5 nitrogen and oxygen atoms in total. The number of rotatable bonds is 10. The van der Waals surface area contributed by atoms with E-state index in [2.05, 4.69) is 338 Å². The average Bonchev–Trinajstić information content (AvgIpc) is 1.46. The van der Waals surface area contributed by atoms with Crippen LogP contribution in [0.4, 0.5) is 0 Å². The van der Waals surface area contributed by atoms with Crippen LogP contribution in [0.1, 0.15) is 0 Å². The summed E-state index contributed by atoms with van der Waals surface area (Å²) < 4.78 is 30.2. The highest BCUT2D eigenvalue weighted by molar-refractivity contribution is 7.20. The largest absolute Gasteiger partial charge is 0.458 e. The minimum Gasteiger partial charge on any atom is -0.458 e. The highest BCUT2D eigenvalue weighted by atomic mass is 28.3. The molecule has 0 unspecified atom stereocenters. The lowest BCUT2D eigenvalue weighted by atomic mass is 9.35. The van der Waals surface area contributed by atoms with Gasteiger partial charge in [-0.15, -0.1) is 0 Å². The molecule has 0 amide bonds. The molecule has 434 valence electrons. The predicted octanol–water partition coefficient (Wildman–Crippen LogP) is 10.7. The maximum absolute atomic E-state index is 7.04. The number of para-hydroxylation sites is 5. The summed E-state index contributed by atoms with van der Waals surface area (Å²) >= 11 is 0. The van der Waals surface area contributed by atoms with Crippen molar-refractivity contribution in [3.8, 4) is 62.8 Å². The molecule has 1 aromatic heterocycles. The Morgan fingerprint density at radius 3 is 1.05 bits per heavy atom. The Morgan fingerprint density at radius 1 is 0.226 bits per heavy atom. The third-order valence-corrected chi connectivity index (χ3v) is 29.6. The van der Waals surface area contributed by atoms with E-state index in [9.17, 15) is 0 Å². The van der Waals surface area contributed by atoms with Gasteiger partial charge in [0, 0.05) is 33.8 Å². The second kappa shape index (κ2) is 21.1. The first-order chi connectivity index (χ1) is 46.1. The van der Waals surface area contributed by atoms with Crippen molar-refractivity contribution < 1.29 is 18.9 Å². The molecule has 0 saturated heterocycles. The van der Waals surface area contributed by atoms with Crippen LogP contribution in [0.25, 0.3) is 38.6 Å². The van der Waals surface area contributed by atoms with Crippen LogP contribution in [-0.4, -0.2) is 34.1 Å². The van der Waals surface area contributed by atoms with Gasteiger partial charge in [-0.3, -0.25) is 0 Å². The average molecular weight is 1220 g/mol. The van der Waals surface area contributed by atoms with Crippen molar-refractivity contribution in [2.24, 2.45) is 0 Å². The molecule has 0 bridgehead atoms. The van der Waals surface area contributed by atoms with Gasteiger partial charge in [0.25, 0.3) is 13.4 Å². The van der Waals surface area contributed by atoms with E-state index in [4.69, 9.17) is 18.9 Å². The number of hydrogen-bond acceptors (Lipinski definition) is 4. The van der Waals surface area contributed by atoms with Crippen LogP contribution in [0.5, 0.6) is 46.0 Å². The lowest BCUT2D eigenvalue weighted by Crippen LogP contribution is -2.75. The Hall–Kier alpha value is -11.4. The molecule has 14 aromatic carbocycles. The van der Waals surface area contributed by atoms with Gasteiger partial charge < -0.3 is 23.5 Å². The normalized spacial score (nSPS) is 13.0. The molecule has 0 saturated carbocycles. The summed E-state index contributed by atoms with van der Waals surface area (Å²) in [5, 5.41) is 12.6. The summed E-state index contributed by atoms with van der Waals surface area (Å²) in [4.78, 5) is 0. The van der Waals surface area contributed by atoms with Crippen molar-refractivity contribution >= 4 is 126 Å². The molecule has 4 aliphatic heterocycles. The molecule has 4 aliphatic rings. The van der Waals surface area contributed by atoms with Crippen molar-refractivity contribution in [1.29, 1.82) is 0 Å². The number of nitrogens with zero attached hydrogens (tertiary/aromatic N) is 1. The topological polar surface area (TPSA) is 41.9 Å². The highest BCUT2D eigenvalue weighted by Gasteiger charge is 2.47. The van der Waals surface area contributed by atoms with Gasteiger partial charge in [0.1, 0.15) is 46.0 Å². The molecule has 0 radical (unpaired) electrons. The van der Waals surface area contributed by atoms with Crippen molar-refractivity contribution in [1.82, 2.24) is 4.57 Å². The van der Waals surface area contributed by atoms with E-state index in [0.29, 0.717) is 0 Å². The van der Waals surface area contributed by atoms with E-state index in [0.717, 1.165) is 107 Å². The molecule has 15 aromatic rings. The fourth-order valence-corrected chi connectivity index (χ4v) is 25.7. The molecular weight excluding hydrogens is 1160 g/mol. The molecule has 0 N–H and O–H groups in total. The van der Waals surface area contributed by atoms with Crippen molar-refractivity contribution in [2.45, 2.75) is 0 Å². The van der Waals surface area contributed by atoms with Crippen LogP contribution in [0.3, 0.4) is 0 Å². The van der Waals surface area contributed by atoms with Crippen LogP contribution in [0.2, 0.25) is 0 Å². The second-order valence-electron chi connectivity index (χ2n) is 24.9. The van der Waals surface area contributed by atoms with Crippen LogP contribution < -0.4 is 93.2 Å². The summed E-state index contributed by atoms with van der Waals surface area (Å²) in [7, 11) is -6.30. The van der Waals surface area contributed by atoms with E-state index in [1.165, 1.54) is 52.3 Å². The summed E-state index contributed by atoms with van der Waals surface area (Å²) in [6.07, 6.45) is 0. The van der Waals surface area contributed by atoms with Crippen LogP contribution in [0.15, 0.2) is 334 Å². The van der Waals surface area contributed by atoms with E-state index in [1.807, 2.05) is 0 Å². The molecule has 5 heterocycles. The number of fused-ring (bicyclic) bond motifs is 11. The molecule has 0 aliphatic carbocycles. The smallest absolute Gasteiger partial charge is 0.260 e. The maximum atomic E-state index is 7.04. The van der Waals surface area contributed by atoms with E-state index >= 15 is 0 Å². The minimum absolute atomic E-state index is 0.0102. The van der Waals surface area contributed by atoms with Crippen LogP contribution in [-0.2, 0) is 0 Å². The molecule has 9 heteroatoms. The summed E-state index contributed by atoms with van der Waals surface area (Å²) in [6.45, 7) is -0.0325. The Balaban J connectivity index is 0.770. The van der Waals surface area contributed by atoms with Gasteiger partial charge in [-0.25, -0.2) is 0 Å². The fourth-order valence-electron chi connectivity index (χ4n) is 16.2. The van der Waals surface area contributed by atoms with Gasteiger partial charge in [-0.05, 0) is 123 Å². The number of benzene rings is 14. The monoisotopic (exact) mass is 1220 g/mol. The van der Waals surface area contributed by atoms with Crippen molar-refractivity contribution in [3.05, 3.63) is 334 Å². The van der Waals surface area contributed by atoms with Crippen LogP contribution in [0, 0.1) is 0 Å². The number of aromatic nitrogens is 1. The van der Waals surface area contributed by atoms with E-state index in [1.54, 1.807) is 0 Å². The van der Waals surface area contributed by atoms with Crippen molar-refractivity contribution in [2.75, 3.05) is 0 Å². The van der Waals surface area contributed by atoms with Gasteiger partial charge in [0.15, 0.2) is 16.1 Å². The lowest BCUT2D eigenvalue weighted by Gasteiger charge is -2.38. The molecule has 0 atom stereocenters. The van der Waals surface area contributed by atoms with Gasteiger partial charge in [-0.1, -0.05) is 273 Å². The van der Waals surface area contributed by atoms with E-state index < -0.39 is 16.1 Å². The maximum Gasteiger partial charge on any atom is 0.260 e. The number of ether oxygens (including phenoxy) is 4. The zero-order chi connectivity index (χ0) is 61.2. The number of hydrogen-bond donors (Lipinski definition) is 0. The predicted molar refractivity (Wildman–Crippen MR) is 389 cm³/mol. The highest BCUT2D eigenvalue weighted by Crippen LogP contribution is 2.40. The lowest BCUT2D eigenvalue weighted by molar-refractivity contribution is 0.464. The fraction of sp³-hybridized carbons (Fsp3) is 0. The van der Waals surface area contributed by atoms with Gasteiger partial charge in [-0.2, -0.15) is 0 Å². The Morgan fingerprint density at radius 2 is 0.581 bits per heavy atom. The standard InChI is InChI=1S/C84H55B2NO4Si2/c1-5-25-59(26-6-1)92(60-27-7-2-8-28-60,66-54-81-84-82(55-66)91-78-43-22-17-38-72(78)86(84)71-37-16-21-42-77(71)90-81)63-46-44-56(45-47-63)57-24-23-33-64(50-57)93(61-29-9-3-10-30-61,62-31-11-4-12-32-62)65-48-49-74-68(53-65)67-34-13-18-39-73(67)87(74)58-51-79-83-80(52-58)89-76-41-20-15-36-70(76)85(83)69-35-14-19-40-75(69)88-79/h1-55H. The zero-order valence-electron chi connectivity index (χ0n) is 50.5. The van der Waals surface area contributed by atoms with Crippen molar-refractivity contribution in [3.63, 3.8) is 0 Å². The first-order valence-electron chi connectivity index (χ1n) is 32.0. The van der Waals surface area contributed by atoms with Crippen LogP contribution >= 0.6 is 0 Å². The Bertz CT molecular complexity index is 5270. The minimum atomic E-state index is -3.15. The summed E-state index contributed by atoms with van der Waals surface area (Å²) in [5.41, 5.74) is 12.2. The van der Waals surface area contributed by atoms with Gasteiger partial charge >= 0.3 is 0 Å². The molecule has 0 fully saturated rings. The second-order valence-corrected chi connectivity index (χ2v) is 32.5. The van der Waals surface area contributed by atoms with Gasteiger partial charge in [0.2, 0.25) is 0 Å². The van der Waals surface area contributed by atoms with E-state index in [-0.39, 0.29) is 13.4 Å². The Kier molecular flexibility index (Phi) is 12.1. The summed E-state index contributed by atoms with van der Waals surface area (Å²) in [6, 6.07) is 123. The SMILES string of the molecule is c1ccc([Si](c2ccccc2)(c2ccc(-c3cccc([Si](c4ccccc4)(c4ccccc4)c4ccc5c(c4)c4ccccc4n5-c4cc5c6c(c4)Oc4ccccc4B6c4ccccc4O5)c3)cc2)c2cc3c4c(c2)Oc2ccccc2B4c2ccccc2O3)cc1. The third kappa shape index (κ3) is 8.07. The first-order valence-corrected chi connectivity index (χ1v) is 36.0. The molecular formula is C84H55B2NO4Si2. The molecule has 19 rings (SSSR count). The quantitative estimate of drug-likeness (QED) is 0.101. The molecule has 93 heavy (non-hydrogen) atoms.